The van der Waals surface area contributed by atoms with Crippen LogP contribution in [0.3, 0.4) is 0 Å². The number of carboxylic acid groups (broad SMARTS) is 1. The first-order valence-electron chi connectivity index (χ1n) is 9.88. The Morgan fingerprint density at radius 3 is 2.28 bits per heavy atom. The maximum Gasteiger partial charge on any atom is 0.304 e. The van der Waals surface area contributed by atoms with Crippen LogP contribution in [0, 0.1) is 0 Å². The molecule has 0 amide bonds. The second-order valence-corrected chi connectivity index (χ2v) is 6.48. The van der Waals surface area contributed by atoms with Crippen molar-refractivity contribution in [1.82, 2.24) is 0 Å². The molecule has 0 heterocycles. The summed E-state index contributed by atoms with van der Waals surface area (Å²) in [5, 5.41) is 9.40. The average Bonchev–Trinajstić information content (AvgIpc) is 2.72. The van der Waals surface area contributed by atoms with Gasteiger partial charge in [0, 0.05) is 25.6 Å². The van der Waals surface area contributed by atoms with Crippen LogP contribution in [0.1, 0.15) is 37.3 Å². The zero-order valence-electron chi connectivity index (χ0n) is 17.3. The van der Waals surface area contributed by atoms with Crippen LogP contribution >= 0.6 is 0 Å². The summed E-state index contributed by atoms with van der Waals surface area (Å²) in [6.45, 7) is 5.05. The van der Waals surface area contributed by atoms with E-state index in [1.807, 2.05) is 44.2 Å². The Hall–Kier alpha value is -2.57. The average molecular weight is 402 g/mol. The highest BCUT2D eigenvalue weighted by Crippen LogP contribution is 2.34. The Labute approximate surface area is 172 Å². The van der Waals surface area contributed by atoms with E-state index in [1.54, 1.807) is 13.2 Å². The Morgan fingerprint density at radius 2 is 1.69 bits per heavy atom. The number of hydrogen-bond acceptors (Lipinski definition) is 5. The van der Waals surface area contributed by atoms with Gasteiger partial charge in [-0.3, -0.25) is 4.79 Å². The predicted octanol–water partition coefficient (Wildman–Crippen LogP) is 4.27. The molecule has 2 aromatic rings. The van der Waals surface area contributed by atoms with E-state index < -0.39 is 18.2 Å². The van der Waals surface area contributed by atoms with Crippen molar-refractivity contribution < 1.29 is 28.8 Å². The molecule has 0 aliphatic rings. The number of aliphatic carboxylic acids is 1. The van der Waals surface area contributed by atoms with Gasteiger partial charge in [0.2, 0.25) is 0 Å². The van der Waals surface area contributed by atoms with Crippen molar-refractivity contribution in [1.29, 1.82) is 0 Å². The standard InChI is InChI=1S/C23H30O6/c1-4-27-23(28-5-2)19(16-22(24)25)18-11-12-20(26-3)21(15-18)29-14-13-17-9-7-6-8-10-17/h6-12,15,19,23H,4-5,13-14,16H2,1-3H3,(H,24,25). The van der Waals surface area contributed by atoms with Gasteiger partial charge >= 0.3 is 5.97 Å². The van der Waals surface area contributed by atoms with Crippen molar-refractivity contribution in [2.24, 2.45) is 0 Å². The van der Waals surface area contributed by atoms with E-state index in [-0.39, 0.29) is 6.42 Å². The van der Waals surface area contributed by atoms with Gasteiger partial charge in [0.25, 0.3) is 0 Å². The molecule has 6 heteroatoms. The quantitative estimate of drug-likeness (QED) is 0.504. The Morgan fingerprint density at radius 1 is 1.00 bits per heavy atom. The lowest BCUT2D eigenvalue weighted by Crippen LogP contribution is -2.28. The molecule has 2 aromatic carbocycles. The topological polar surface area (TPSA) is 74.2 Å². The van der Waals surface area contributed by atoms with Gasteiger partial charge in [0.05, 0.1) is 20.1 Å². The van der Waals surface area contributed by atoms with Crippen molar-refractivity contribution in [3.8, 4) is 11.5 Å². The second kappa shape index (κ2) is 12.1. The first-order valence-corrected chi connectivity index (χ1v) is 9.88. The Kier molecular flexibility index (Phi) is 9.47. The summed E-state index contributed by atoms with van der Waals surface area (Å²) >= 11 is 0. The molecule has 0 aliphatic heterocycles. The Balaban J connectivity index is 2.22. The minimum absolute atomic E-state index is 0.111. The summed E-state index contributed by atoms with van der Waals surface area (Å²) in [7, 11) is 1.58. The Bertz CT molecular complexity index is 740. The largest absolute Gasteiger partial charge is 0.493 e. The molecule has 0 fully saturated rings. The molecule has 1 N–H and O–H groups in total. The molecule has 0 aromatic heterocycles. The van der Waals surface area contributed by atoms with E-state index in [2.05, 4.69) is 12.1 Å². The molecule has 0 aliphatic carbocycles. The zero-order valence-corrected chi connectivity index (χ0v) is 17.3. The number of methoxy groups -OCH3 is 1. The van der Waals surface area contributed by atoms with E-state index in [0.29, 0.717) is 31.3 Å². The fourth-order valence-electron chi connectivity index (χ4n) is 3.13. The zero-order chi connectivity index (χ0) is 21.1. The molecule has 0 bridgehead atoms. The number of hydrogen-bond donors (Lipinski definition) is 1. The van der Waals surface area contributed by atoms with E-state index in [0.717, 1.165) is 12.0 Å². The van der Waals surface area contributed by atoms with Crippen molar-refractivity contribution >= 4 is 5.97 Å². The van der Waals surface area contributed by atoms with Crippen molar-refractivity contribution in [3.05, 3.63) is 59.7 Å². The molecule has 0 saturated heterocycles. The van der Waals surface area contributed by atoms with Crippen LogP contribution in [0.2, 0.25) is 0 Å². The number of carbonyl (C=O) groups is 1. The molecular weight excluding hydrogens is 372 g/mol. The third kappa shape index (κ3) is 7.07. The van der Waals surface area contributed by atoms with Gasteiger partial charge in [0.15, 0.2) is 17.8 Å². The SMILES string of the molecule is CCOC(OCC)C(CC(=O)O)c1ccc(OC)c(OCCc2ccccc2)c1. The van der Waals surface area contributed by atoms with Crippen molar-refractivity contribution in [3.63, 3.8) is 0 Å². The van der Waals surface area contributed by atoms with Crippen molar-refractivity contribution in [2.45, 2.75) is 38.9 Å². The van der Waals surface area contributed by atoms with Crippen LogP contribution in [0.5, 0.6) is 11.5 Å². The lowest BCUT2D eigenvalue weighted by atomic mass is 9.94. The highest BCUT2D eigenvalue weighted by atomic mass is 16.7. The first-order chi connectivity index (χ1) is 14.1. The van der Waals surface area contributed by atoms with E-state index >= 15 is 0 Å². The van der Waals surface area contributed by atoms with Gasteiger partial charge in [-0.25, -0.2) is 0 Å². The lowest BCUT2D eigenvalue weighted by Gasteiger charge is -2.26. The third-order valence-corrected chi connectivity index (χ3v) is 4.49. The highest BCUT2D eigenvalue weighted by Gasteiger charge is 2.28. The van der Waals surface area contributed by atoms with Crippen LogP contribution in [-0.2, 0) is 20.7 Å². The van der Waals surface area contributed by atoms with Crippen LogP contribution in [0.15, 0.2) is 48.5 Å². The normalized spacial score (nSPS) is 12.0. The summed E-state index contributed by atoms with van der Waals surface area (Å²) in [6, 6.07) is 15.5. The van der Waals surface area contributed by atoms with Gasteiger partial charge in [0.1, 0.15) is 0 Å². The fourth-order valence-corrected chi connectivity index (χ4v) is 3.13. The molecular formula is C23H30O6. The number of benzene rings is 2. The molecule has 0 radical (unpaired) electrons. The molecule has 2 rings (SSSR count). The summed E-state index contributed by atoms with van der Waals surface area (Å²) in [6.07, 6.45) is -0.0000364. The predicted molar refractivity (Wildman–Crippen MR) is 111 cm³/mol. The van der Waals surface area contributed by atoms with Crippen LogP contribution in [-0.4, -0.2) is 44.3 Å². The summed E-state index contributed by atoms with van der Waals surface area (Å²) in [5.41, 5.74) is 1.95. The molecule has 6 nitrogen and oxygen atoms in total. The molecule has 0 saturated carbocycles. The second-order valence-electron chi connectivity index (χ2n) is 6.48. The summed E-state index contributed by atoms with van der Waals surface area (Å²) < 4.78 is 22.7. The number of ether oxygens (including phenoxy) is 4. The van der Waals surface area contributed by atoms with E-state index in [4.69, 9.17) is 18.9 Å². The lowest BCUT2D eigenvalue weighted by molar-refractivity contribution is -0.160. The maximum atomic E-state index is 11.5. The first kappa shape index (κ1) is 22.7. The van der Waals surface area contributed by atoms with Gasteiger partial charge in [-0.2, -0.15) is 0 Å². The highest BCUT2D eigenvalue weighted by molar-refractivity contribution is 5.68. The van der Waals surface area contributed by atoms with E-state index in [9.17, 15) is 9.90 Å². The molecule has 0 spiro atoms. The van der Waals surface area contributed by atoms with Crippen LogP contribution in [0.4, 0.5) is 0 Å². The molecule has 1 atom stereocenters. The number of carboxylic acids is 1. The van der Waals surface area contributed by atoms with Gasteiger partial charge < -0.3 is 24.1 Å². The summed E-state index contributed by atoms with van der Waals surface area (Å²) in [5.74, 6) is -0.208. The minimum Gasteiger partial charge on any atom is -0.493 e. The van der Waals surface area contributed by atoms with Gasteiger partial charge in [-0.05, 0) is 37.1 Å². The summed E-state index contributed by atoms with van der Waals surface area (Å²) in [4.78, 5) is 11.5. The smallest absolute Gasteiger partial charge is 0.304 e. The number of rotatable bonds is 13. The van der Waals surface area contributed by atoms with Crippen LogP contribution in [0.25, 0.3) is 0 Å². The molecule has 158 valence electrons. The van der Waals surface area contributed by atoms with Crippen molar-refractivity contribution in [2.75, 3.05) is 26.9 Å². The van der Waals surface area contributed by atoms with Gasteiger partial charge in [-0.1, -0.05) is 36.4 Å². The maximum absolute atomic E-state index is 11.5. The monoisotopic (exact) mass is 402 g/mol. The van der Waals surface area contributed by atoms with Gasteiger partial charge in [-0.15, -0.1) is 0 Å². The third-order valence-electron chi connectivity index (χ3n) is 4.49. The fraction of sp³-hybridized carbons (Fsp3) is 0.435. The molecule has 29 heavy (non-hydrogen) atoms. The molecule has 1 unspecified atom stereocenters. The minimum atomic E-state index is -0.915. The van der Waals surface area contributed by atoms with Crippen LogP contribution < -0.4 is 9.47 Å². The van der Waals surface area contributed by atoms with E-state index in [1.165, 1.54) is 5.56 Å².